The van der Waals surface area contributed by atoms with Crippen molar-refractivity contribution < 1.29 is 9.21 Å². The van der Waals surface area contributed by atoms with E-state index in [1.165, 1.54) is 25.3 Å². The minimum atomic E-state index is -0.326. The van der Waals surface area contributed by atoms with E-state index in [1.807, 2.05) is 43.4 Å². The molecule has 4 aromatic rings. The van der Waals surface area contributed by atoms with Gasteiger partial charge in [0.1, 0.15) is 28.6 Å². The zero-order chi connectivity index (χ0) is 25.2. The Morgan fingerprint density at radius 3 is 2.78 bits per heavy atom. The number of rotatable bonds is 7. The summed E-state index contributed by atoms with van der Waals surface area (Å²) < 4.78 is 8.48. The van der Waals surface area contributed by atoms with Crippen LogP contribution in [0, 0.1) is 11.3 Å². The second kappa shape index (κ2) is 9.99. The van der Waals surface area contributed by atoms with Crippen molar-refractivity contribution in [3.05, 3.63) is 41.9 Å². The molecule has 1 saturated carbocycles. The zero-order valence-electron chi connectivity index (χ0n) is 21.0. The molecule has 0 spiro atoms. The number of aromatic nitrogens is 4. The van der Waals surface area contributed by atoms with Crippen LogP contribution in [0.3, 0.4) is 0 Å². The molecule has 1 amide bonds. The van der Waals surface area contributed by atoms with Crippen LogP contribution in [-0.2, 0) is 4.79 Å². The molecule has 186 valence electrons. The molecule has 1 fully saturated rings. The van der Waals surface area contributed by atoms with Crippen LogP contribution < -0.4 is 0 Å². The van der Waals surface area contributed by atoms with Gasteiger partial charge in [-0.05, 0) is 45.1 Å². The van der Waals surface area contributed by atoms with Gasteiger partial charge in [-0.3, -0.25) is 4.79 Å². The molecule has 0 bridgehead atoms. The number of imidazole rings is 1. The van der Waals surface area contributed by atoms with E-state index in [1.54, 1.807) is 24.2 Å². The average Bonchev–Trinajstić information content (AvgIpc) is 3.63. The van der Waals surface area contributed by atoms with E-state index in [-0.39, 0.29) is 11.5 Å². The van der Waals surface area contributed by atoms with Crippen molar-refractivity contribution in [3.8, 4) is 17.7 Å². The first-order valence-corrected chi connectivity index (χ1v) is 12.4. The first kappa shape index (κ1) is 23.8. The van der Waals surface area contributed by atoms with Gasteiger partial charge in [-0.25, -0.2) is 9.97 Å². The number of hydrogen-bond acceptors (Lipinski definition) is 6. The lowest BCUT2D eigenvalue weighted by Crippen LogP contribution is -2.34. The molecule has 0 unspecified atom stereocenters. The highest BCUT2D eigenvalue weighted by Gasteiger charge is 2.26. The molecular weight excluding hydrogens is 454 g/mol. The summed E-state index contributed by atoms with van der Waals surface area (Å²) in [6.45, 7) is 1.24. The maximum absolute atomic E-state index is 12.8. The summed E-state index contributed by atoms with van der Waals surface area (Å²) in [6.07, 6.45) is 11.0. The number of hydrogen-bond donors (Lipinski definition) is 1. The second-order valence-corrected chi connectivity index (χ2v) is 9.73. The quantitative estimate of drug-likeness (QED) is 0.303. The van der Waals surface area contributed by atoms with Crippen molar-refractivity contribution in [1.82, 2.24) is 29.3 Å². The van der Waals surface area contributed by atoms with Crippen molar-refractivity contribution >= 4 is 34.1 Å². The predicted octanol–water partition coefficient (Wildman–Crippen LogP) is 4.60. The summed E-state index contributed by atoms with van der Waals surface area (Å²) >= 11 is 0. The molecule has 1 N–H and O–H groups in total. The normalized spacial score (nSPS) is 15.1. The number of nitrogens with one attached hydrogen (secondary N) is 1. The molecule has 9 nitrogen and oxygen atoms in total. The van der Waals surface area contributed by atoms with Gasteiger partial charge < -0.3 is 23.8 Å². The number of amides is 1. The SMILES string of the molecule is CN(C)CCN(C)C(=O)/C(C#N)=C/c1ccc(-c2nc3cnc4[nH]ccc4c3n2C2CCCCC2)o1. The second-order valence-electron chi connectivity index (χ2n) is 9.73. The van der Waals surface area contributed by atoms with Gasteiger partial charge >= 0.3 is 0 Å². The van der Waals surface area contributed by atoms with Gasteiger partial charge in [0.25, 0.3) is 5.91 Å². The number of H-pyrrole nitrogens is 1. The zero-order valence-corrected chi connectivity index (χ0v) is 21.0. The smallest absolute Gasteiger partial charge is 0.264 e. The first-order chi connectivity index (χ1) is 17.5. The van der Waals surface area contributed by atoms with Crippen LogP contribution in [0.1, 0.15) is 43.9 Å². The predicted molar refractivity (Wildman–Crippen MR) is 139 cm³/mol. The number of nitrogens with zero attached hydrogens (tertiary/aromatic N) is 6. The Morgan fingerprint density at radius 2 is 2.03 bits per heavy atom. The van der Waals surface area contributed by atoms with Crippen molar-refractivity contribution in [1.29, 1.82) is 5.26 Å². The first-order valence-electron chi connectivity index (χ1n) is 12.4. The molecule has 1 aliphatic carbocycles. The fourth-order valence-electron chi connectivity index (χ4n) is 4.95. The Bertz CT molecular complexity index is 1460. The molecule has 0 radical (unpaired) electrons. The molecule has 9 heteroatoms. The molecule has 5 rings (SSSR count). The molecule has 0 aromatic carbocycles. The summed E-state index contributed by atoms with van der Waals surface area (Å²) in [5, 5.41) is 10.7. The van der Waals surface area contributed by atoms with Gasteiger partial charge in [0.2, 0.25) is 0 Å². The third-order valence-electron chi connectivity index (χ3n) is 6.89. The molecule has 4 aromatic heterocycles. The van der Waals surface area contributed by atoms with E-state index in [9.17, 15) is 10.1 Å². The van der Waals surface area contributed by atoms with Crippen LogP contribution in [0.15, 0.2) is 40.6 Å². The number of carbonyl (C=O) groups excluding carboxylic acids is 1. The van der Waals surface area contributed by atoms with Gasteiger partial charge in [0.15, 0.2) is 11.6 Å². The van der Waals surface area contributed by atoms with E-state index in [0.717, 1.165) is 40.7 Å². The molecule has 36 heavy (non-hydrogen) atoms. The standard InChI is InChI=1S/C27H31N7O2/c1-32(2)13-14-33(3)27(35)18(16-28)15-20-9-10-23(36-20)26-31-22-17-30-25-21(11-12-29-25)24(22)34(26)19-7-5-4-6-8-19/h9-12,15,17,19H,4-8,13-14H2,1-3H3,(H,29,30)/b18-15+. The van der Waals surface area contributed by atoms with E-state index in [4.69, 9.17) is 9.40 Å². The maximum Gasteiger partial charge on any atom is 0.264 e. The molecule has 1 aliphatic rings. The summed E-state index contributed by atoms with van der Waals surface area (Å²) in [6, 6.07) is 8.05. The lowest BCUT2D eigenvalue weighted by Gasteiger charge is -2.25. The highest BCUT2D eigenvalue weighted by atomic mass is 16.3. The number of aromatic amines is 1. The van der Waals surface area contributed by atoms with Gasteiger partial charge in [0, 0.05) is 43.8 Å². The van der Waals surface area contributed by atoms with E-state index in [2.05, 4.69) is 14.5 Å². The van der Waals surface area contributed by atoms with Crippen LogP contribution in [0.5, 0.6) is 0 Å². The van der Waals surface area contributed by atoms with Gasteiger partial charge in [-0.15, -0.1) is 0 Å². The lowest BCUT2D eigenvalue weighted by atomic mass is 9.95. The van der Waals surface area contributed by atoms with Gasteiger partial charge in [-0.2, -0.15) is 5.26 Å². The molecule has 0 atom stereocenters. The highest BCUT2D eigenvalue weighted by molar-refractivity contribution is 6.03. The Balaban J connectivity index is 1.53. The molecular formula is C27H31N7O2. The van der Waals surface area contributed by atoms with Crippen LogP contribution in [-0.4, -0.2) is 69.5 Å². The molecule has 0 saturated heterocycles. The van der Waals surface area contributed by atoms with Crippen molar-refractivity contribution in [3.63, 3.8) is 0 Å². The minimum Gasteiger partial charge on any atom is -0.453 e. The minimum absolute atomic E-state index is 0.0381. The fourth-order valence-corrected chi connectivity index (χ4v) is 4.95. The third kappa shape index (κ3) is 4.52. The average molecular weight is 486 g/mol. The lowest BCUT2D eigenvalue weighted by molar-refractivity contribution is -0.125. The number of pyridine rings is 1. The Hall–Kier alpha value is -3.90. The Kier molecular flexibility index (Phi) is 6.61. The third-order valence-corrected chi connectivity index (χ3v) is 6.89. The van der Waals surface area contributed by atoms with Crippen molar-refractivity contribution in [2.75, 3.05) is 34.2 Å². The number of nitriles is 1. The van der Waals surface area contributed by atoms with E-state index >= 15 is 0 Å². The summed E-state index contributed by atoms with van der Waals surface area (Å²) in [7, 11) is 5.59. The van der Waals surface area contributed by atoms with Crippen LogP contribution in [0.4, 0.5) is 0 Å². The summed E-state index contributed by atoms with van der Waals surface area (Å²) in [5.41, 5.74) is 2.76. The maximum atomic E-state index is 12.8. The highest BCUT2D eigenvalue weighted by Crippen LogP contribution is 2.38. The van der Waals surface area contributed by atoms with Crippen molar-refractivity contribution in [2.45, 2.75) is 38.1 Å². The Labute approximate surface area is 210 Å². The van der Waals surface area contributed by atoms with Crippen LogP contribution in [0.2, 0.25) is 0 Å². The van der Waals surface area contributed by atoms with Gasteiger partial charge in [-0.1, -0.05) is 19.3 Å². The topological polar surface area (TPSA) is 107 Å². The van der Waals surface area contributed by atoms with Crippen molar-refractivity contribution in [2.24, 2.45) is 0 Å². The van der Waals surface area contributed by atoms with E-state index in [0.29, 0.717) is 30.7 Å². The molecule has 4 heterocycles. The summed E-state index contributed by atoms with van der Waals surface area (Å²) in [4.78, 5) is 29.0. The van der Waals surface area contributed by atoms with Gasteiger partial charge in [0.05, 0.1) is 11.7 Å². The number of fused-ring (bicyclic) bond motifs is 3. The monoisotopic (exact) mass is 485 g/mol. The Morgan fingerprint density at radius 1 is 1.22 bits per heavy atom. The fraction of sp³-hybridized carbons (Fsp3) is 0.407. The number of likely N-dealkylation sites (N-methyl/N-ethyl adjacent to an activating group) is 2. The van der Waals surface area contributed by atoms with Crippen LogP contribution >= 0.6 is 0 Å². The number of carbonyl (C=O) groups is 1. The van der Waals surface area contributed by atoms with Crippen LogP contribution in [0.25, 0.3) is 39.7 Å². The largest absolute Gasteiger partial charge is 0.453 e. The molecule has 0 aliphatic heterocycles. The number of furan rings is 1. The van der Waals surface area contributed by atoms with E-state index < -0.39 is 0 Å². The summed E-state index contributed by atoms with van der Waals surface area (Å²) in [5.74, 6) is 1.48.